The highest BCUT2D eigenvalue weighted by Crippen LogP contribution is 2.34. The van der Waals surface area contributed by atoms with Crippen LogP contribution in [0.2, 0.25) is 5.02 Å². The van der Waals surface area contributed by atoms with Gasteiger partial charge in [-0.2, -0.15) is 0 Å². The number of nitrogens with zero attached hydrogens (tertiary/aromatic N) is 1. The Labute approximate surface area is 125 Å². The van der Waals surface area contributed by atoms with Gasteiger partial charge < -0.3 is 16.0 Å². The van der Waals surface area contributed by atoms with Crippen LogP contribution in [0, 0.1) is 5.92 Å². The second-order valence-corrected chi connectivity index (χ2v) is 6.00. The lowest BCUT2D eigenvalue weighted by atomic mass is 10.2. The molecule has 1 fully saturated rings. The SMILES string of the molecule is CC(C1CC1)N(C)CCC(=O)Nc1ccc(N)cc1Cl. The van der Waals surface area contributed by atoms with E-state index >= 15 is 0 Å². The smallest absolute Gasteiger partial charge is 0.225 e. The van der Waals surface area contributed by atoms with E-state index in [2.05, 4.69) is 24.2 Å². The number of carbonyl (C=O) groups is 1. The molecule has 1 amide bonds. The van der Waals surface area contributed by atoms with Crippen LogP contribution in [-0.4, -0.2) is 30.4 Å². The predicted molar refractivity (Wildman–Crippen MR) is 83.9 cm³/mol. The molecule has 1 atom stereocenters. The molecule has 0 saturated heterocycles. The lowest BCUT2D eigenvalue weighted by Crippen LogP contribution is -2.33. The van der Waals surface area contributed by atoms with Crippen LogP contribution in [0.5, 0.6) is 0 Å². The summed E-state index contributed by atoms with van der Waals surface area (Å²) in [5.74, 6) is 0.793. The first-order valence-corrected chi connectivity index (χ1v) is 7.40. The van der Waals surface area contributed by atoms with Crippen molar-refractivity contribution in [3.05, 3.63) is 23.2 Å². The fourth-order valence-electron chi connectivity index (χ4n) is 2.27. The van der Waals surface area contributed by atoms with Crippen molar-refractivity contribution in [3.63, 3.8) is 0 Å². The van der Waals surface area contributed by atoms with Crippen molar-refractivity contribution in [2.24, 2.45) is 5.92 Å². The molecule has 3 N–H and O–H groups in total. The Morgan fingerprint density at radius 3 is 2.85 bits per heavy atom. The molecule has 20 heavy (non-hydrogen) atoms. The number of hydrogen-bond donors (Lipinski definition) is 2. The molecular formula is C15H22ClN3O. The molecule has 110 valence electrons. The van der Waals surface area contributed by atoms with Gasteiger partial charge in [0, 0.05) is 24.7 Å². The van der Waals surface area contributed by atoms with Crippen molar-refractivity contribution >= 4 is 28.9 Å². The minimum atomic E-state index is -0.0217. The van der Waals surface area contributed by atoms with Crippen LogP contribution >= 0.6 is 11.6 Å². The first-order chi connectivity index (χ1) is 9.47. The maximum Gasteiger partial charge on any atom is 0.225 e. The lowest BCUT2D eigenvalue weighted by Gasteiger charge is -2.24. The maximum absolute atomic E-state index is 11.9. The monoisotopic (exact) mass is 295 g/mol. The molecule has 0 radical (unpaired) electrons. The number of anilines is 2. The number of halogens is 1. The Kier molecular flexibility index (Phi) is 4.89. The third-order valence-corrected chi connectivity index (χ3v) is 4.27. The van der Waals surface area contributed by atoms with Gasteiger partial charge in [0.15, 0.2) is 0 Å². The summed E-state index contributed by atoms with van der Waals surface area (Å²) < 4.78 is 0. The topological polar surface area (TPSA) is 58.4 Å². The number of hydrogen-bond acceptors (Lipinski definition) is 3. The van der Waals surface area contributed by atoms with Gasteiger partial charge in [-0.05, 0) is 50.9 Å². The number of rotatable bonds is 6. The van der Waals surface area contributed by atoms with Crippen LogP contribution in [-0.2, 0) is 4.79 Å². The zero-order chi connectivity index (χ0) is 14.7. The summed E-state index contributed by atoms with van der Waals surface area (Å²) in [7, 11) is 2.08. The highest BCUT2D eigenvalue weighted by Gasteiger charge is 2.30. The molecule has 1 aromatic rings. The van der Waals surface area contributed by atoms with Gasteiger partial charge in [-0.3, -0.25) is 4.79 Å². The second kappa shape index (κ2) is 6.46. The normalized spacial score (nSPS) is 16.2. The van der Waals surface area contributed by atoms with Crippen molar-refractivity contribution in [3.8, 4) is 0 Å². The molecule has 0 bridgehead atoms. The fourth-order valence-corrected chi connectivity index (χ4v) is 2.50. The molecule has 1 saturated carbocycles. The average molecular weight is 296 g/mol. The van der Waals surface area contributed by atoms with E-state index in [-0.39, 0.29) is 5.91 Å². The fraction of sp³-hybridized carbons (Fsp3) is 0.533. The summed E-state index contributed by atoms with van der Waals surface area (Å²) in [5.41, 5.74) is 6.82. The van der Waals surface area contributed by atoms with Gasteiger partial charge in [-0.15, -0.1) is 0 Å². The van der Waals surface area contributed by atoms with Crippen molar-refractivity contribution in [1.82, 2.24) is 4.90 Å². The zero-order valence-corrected chi connectivity index (χ0v) is 12.8. The molecule has 4 nitrogen and oxygen atoms in total. The van der Waals surface area contributed by atoms with Gasteiger partial charge >= 0.3 is 0 Å². The van der Waals surface area contributed by atoms with Gasteiger partial charge in [-0.25, -0.2) is 0 Å². The Balaban J connectivity index is 1.80. The first-order valence-electron chi connectivity index (χ1n) is 7.02. The summed E-state index contributed by atoms with van der Waals surface area (Å²) in [6.07, 6.45) is 3.10. The molecule has 0 aromatic heterocycles. The van der Waals surface area contributed by atoms with Crippen molar-refractivity contribution < 1.29 is 4.79 Å². The van der Waals surface area contributed by atoms with Crippen LogP contribution in [0.3, 0.4) is 0 Å². The van der Waals surface area contributed by atoms with Crippen molar-refractivity contribution in [1.29, 1.82) is 0 Å². The molecule has 0 spiro atoms. The summed E-state index contributed by atoms with van der Waals surface area (Å²) in [4.78, 5) is 14.2. The summed E-state index contributed by atoms with van der Waals surface area (Å²) >= 11 is 6.03. The van der Waals surface area contributed by atoms with Crippen molar-refractivity contribution in [2.45, 2.75) is 32.2 Å². The van der Waals surface area contributed by atoms with Gasteiger partial charge in [-0.1, -0.05) is 11.6 Å². The Morgan fingerprint density at radius 1 is 1.55 bits per heavy atom. The Bertz CT molecular complexity index is 488. The number of benzene rings is 1. The number of carbonyl (C=O) groups excluding carboxylic acids is 1. The minimum absolute atomic E-state index is 0.0217. The molecule has 1 aliphatic rings. The van der Waals surface area contributed by atoms with E-state index in [4.69, 9.17) is 17.3 Å². The average Bonchev–Trinajstić information content (AvgIpc) is 3.23. The first kappa shape index (κ1) is 15.1. The predicted octanol–water partition coefficient (Wildman–Crippen LogP) is 2.98. The maximum atomic E-state index is 11.9. The zero-order valence-electron chi connectivity index (χ0n) is 12.0. The van der Waals surface area contributed by atoms with Crippen LogP contribution in [0.1, 0.15) is 26.2 Å². The van der Waals surface area contributed by atoms with E-state index in [9.17, 15) is 4.79 Å². The van der Waals surface area contributed by atoms with Crippen LogP contribution < -0.4 is 11.1 Å². The molecule has 1 unspecified atom stereocenters. The molecule has 1 aliphatic carbocycles. The van der Waals surface area contributed by atoms with E-state index in [1.165, 1.54) is 12.8 Å². The summed E-state index contributed by atoms with van der Waals surface area (Å²) in [5, 5.41) is 3.29. The lowest BCUT2D eigenvalue weighted by molar-refractivity contribution is -0.116. The minimum Gasteiger partial charge on any atom is -0.399 e. The van der Waals surface area contributed by atoms with Crippen LogP contribution in [0.15, 0.2) is 18.2 Å². The highest BCUT2D eigenvalue weighted by atomic mass is 35.5. The number of nitrogens with two attached hydrogens (primary N) is 1. The summed E-state index contributed by atoms with van der Waals surface area (Å²) in [6, 6.07) is 5.65. The second-order valence-electron chi connectivity index (χ2n) is 5.60. The van der Waals surface area contributed by atoms with E-state index < -0.39 is 0 Å². The molecule has 0 heterocycles. The van der Waals surface area contributed by atoms with E-state index in [1.807, 2.05) is 0 Å². The third-order valence-electron chi connectivity index (χ3n) is 3.96. The van der Waals surface area contributed by atoms with Gasteiger partial charge in [0.05, 0.1) is 10.7 Å². The Hall–Kier alpha value is -1.26. The molecule has 1 aromatic carbocycles. The standard InChI is InChI=1S/C15H22ClN3O/c1-10(11-3-4-11)19(2)8-7-15(20)18-14-6-5-12(17)9-13(14)16/h5-6,9-11H,3-4,7-8,17H2,1-2H3,(H,18,20). The van der Waals surface area contributed by atoms with Gasteiger partial charge in [0.25, 0.3) is 0 Å². The highest BCUT2D eigenvalue weighted by molar-refractivity contribution is 6.34. The Morgan fingerprint density at radius 2 is 2.25 bits per heavy atom. The van der Waals surface area contributed by atoms with Gasteiger partial charge in [0.1, 0.15) is 0 Å². The molecule has 5 heteroatoms. The van der Waals surface area contributed by atoms with E-state index in [0.29, 0.717) is 28.9 Å². The number of nitrogen functional groups attached to an aromatic ring is 1. The molecular weight excluding hydrogens is 274 g/mol. The van der Waals surface area contributed by atoms with Crippen LogP contribution in [0.25, 0.3) is 0 Å². The molecule has 2 rings (SSSR count). The van der Waals surface area contributed by atoms with Gasteiger partial charge in [0.2, 0.25) is 5.91 Å². The van der Waals surface area contributed by atoms with Crippen molar-refractivity contribution in [2.75, 3.05) is 24.6 Å². The largest absolute Gasteiger partial charge is 0.399 e. The van der Waals surface area contributed by atoms with E-state index in [1.54, 1.807) is 18.2 Å². The van der Waals surface area contributed by atoms with Crippen LogP contribution in [0.4, 0.5) is 11.4 Å². The quantitative estimate of drug-likeness (QED) is 0.793. The molecule has 0 aliphatic heterocycles. The van der Waals surface area contributed by atoms with E-state index in [0.717, 1.165) is 12.5 Å². The summed E-state index contributed by atoms with van der Waals surface area (Å²) in [6.45, 7) is 2.99. The number of nitrogens with one attached hydrogen (secondary N) is 1. The third kappa shape index (κ3) is 4.12. The number of amides is 1.